The Bertz CT molecular complexity index is 1070. The number of benzene rings is 2. The molecule has 2 aromatic carbocycles. The van der Waals surface area contributed by atoms with Crippen LogP contribution in [0.3, 0.4) is 0 Å². The van der Waals surface area contributed by atoms with Crippen molar-refractivity contribution in [1.29, 1.82) is 0 Å². The average Bonchev–Trinajstić information content (AvgIpc) is 3.23. The van der Waals surface area contributed by atoms with E-state index in [0.717, 1.165) is 18.4 Å². The second-order valence-electron chi connectivity index (χ2n) is 6.97. The lowest BCUT2D eigenvalue weighted by atomic mass is 10.1. The molecule has 0 radical (unpaired) electrons. The molecule has 0 unspecified atom stereocenters. The highest BCUT2D eigenvalue weighted by atomic mass is 32.2. The summed E-state index contributed by atoms with van der Waals surface area (Å²) in [5, 5.41) is 0. The van der Waals surface area contributed by atoms with E-state index in [9.17, 15) is 21.6 Å². The molecule has 1 aliphatic heterocycles. The van der Waals surface area contributed by atoms with Crippen LogP contribution in [0.2, 0.25) is 0 Å². The van der Waals surface area contributed by atoms with E-state index in [4.69, 9.17) is 4.18 Å². The summed E-state index contributed by atoms with van der Waals surface area (Å²) in [7, 11) is -7.70. The summed E-state index contributed by atoms with van der Waals surface area (Å²) in [5.41, 5.74) is 0.904. The van der Waals surface area contributed by atoms with Crippen molar-refractivity contribution in [3.8, 4) is 5.75 Å². The fraction of sp³-hybridized carbons (Fsp3) is 0.350. The van der Waals surface area contributed by atoms with Crippen LogP contribution in [0.5, 0.6) is 5.75 Å². The second kappa shape index (κ2) is 8.64. The van der Waals surface area contributed by atoms with E-state index in [-0.39, 0.29) is 21.3 Å². The number of nitrogens with zero attached hydrogens (tertiary/aromatic N) is 1. The molecule has 0 bridgehead atoms. The molecule has 1 aliphatic rings. The molecule has 1 fully saturated rings. The summed E-state index contributed by atoms with van der Waals surface area (Å²) in [5.74, 6) is 0.230. The van der Waals surface area contributed by atoms with Gasteiger partial charge >= 0.3 is 10.1 Å². The first-order valence-corrected chi connectivity index (χ1v) is 12.2. The molecule has 1 heterocycles. The van der Waals surface area contributed by atoms with Gasteiger partial charge in [0.25, 0.3) is 0 Å². The molecule has 9 heteroatoms. The molecule has 1 saturated heterocycles. The molecule has 0 spiro atoms. The van der Waals surface area contributed by atoms with Gasteiger partial charge in [0.05, 0.1) is 4.90 Å². The Morgan fingerprint density at radius 2 is 1.45 bits per heavy atom. The van der Waals surface area contributed by atoms with Crippen LogP contribution in [0.4, 0.5) is 0 Å². The van der Waals surface area contributed by atoms with Crippen LogP contribution in [0.15, 0.2) is 58.3 Å². The normalized spacial score (nSPS) is 15.3. The highest BCUT2D eigenvalue weighted by Crippen LogP contribution is 2.24. The number of hydrogen-bond donors (Lipinski definition) is 0. The second-order valence-corrected chi connectivity index (χ2v) is 10.5. The van der Waals surface area contributed by atoms with Gasteiger partial charge in [-0.05, 0) is 68.1 Å². The van der Waals surface area contributed by atoms with E-state index < -0.39 is 20.1 Å². The van der Waals surface area contributed by atoms with Gasteiger partial charge < -0.3 is 8.98 Å². The van der Waals surface area contributed by atoms with Crippen molar-refractivity contribution in [3.05, 3.63) is 54.1 Å². The van der Waals surface area contributed by atoms with Crippen LogP contribution >= 0.6 is 0 Å². The number of carbonyl (C=O) groups excluding carboxylic acids is 1. The van der Waals surface area contributed by atoms with Crippen LogP contribution in [-0.4, -0.2) is 40.0 Å². The number of carbonyl (C=O) groups is 1. The molecule has 0 N–H and O–H groups in total. The summed E-state index contributed by atoms with van der Waals surface area (Å²) < 4.78 is 56.6. The van der Waals surface area contributed by atoms with E-state index >= 15 is 0 Å². The molecule has 0 saturated carbocycles. The lowest BCUT2D eigenvalue weighted by Gasteiger charge is -2.15. The minimum atomic E-state index is -4.10. The fourth-order valence-corrected chi connectivity index (χ4v) is 5.51. The standard InChI is InChI=1S/C20H23NO6S2/c1-16(22)4-5-17-6-8-18(9-7-17)27-29(25,26)20-12-10-19(11-13-20)28(23,24)21-14-2-3-15-21/h6-13H,2-5,14-15H2,1H3. The Balaban J connectivity index is 1.72. The highest BCUT2D eigenvalue weighted by molar-refractivity contribution is 7.89. The molecule has 156 valence electrons. The number of rotatable bonds is 8. The molecular weight excluding hydrogens is 414 g/mol. The van der Waals surface area contributed by atoms with Crippen LogP contribution in [0.25, 0.3) is 0 Å². The van der Waals surface area contributed by atoms with Crippen molar-refractivity contribution < 1.29 is 25.8 Å². The molecule has 0 amide bonds. The van der Waals surface area contributed by atoms with Crippen molar-refractivity contribution in [2.75, 3.05) is 13.1 Å². The maximum Gasteiger partial charge on any atom is 0.339 e. The molecule has 0 atom stereocenters. The predicted molar refractivity (Wildman–Crippen MR) is 108 cm³/mol. The van der Waals surface area contributed by atoms with Crippen molar-refractivity contribution in [2.45, 2.75) is 42.4 Å². The van der Waals surface area contributed by atoms with Gasteiger partial charge in [-0.3, -0.25) is 0 Å². The molecule has 2 aromatic rings. The summed E-state index contributed by atoms with van der Waals surface area (Å²) >= 11 is 0. The van der Waals surface area contributed by atoms with E-state index in [2.05, 4.69) is 0 Å². The summed E-state index contributed by atoms with van der Waals surface area (Å²) in [4.78, 5) is 11.0. The third kappa shape index (κ3) is 5.23. The average molecular weight is 438 g/mol. The zero-order valence-electron chi connectivity index (χ0n) is 16.1. The Hall–Kier alpha value is -2.23. The minimum Gasteiger partial charge on any atom is -0.379 e. The van der Waals surface area contributed by atoms with Gasteiger partial charge in [-0.2, -0.15) is 12.7 Å². The largest absolute Gasteiger partial charge is 0.379 e. The first kappa shape index (κ1) is 21.5. The number of aryl methyl sites for hydroxylation is 1. The van der Waals surface area contributed by atoms with E-state index in [1.54, 1.807) is 12.1 Å². The fourth-order valence-electron chi connectivity index (χ4n) is 3.06. The lowest BCUT2D eigenvalue weighted by Crippen LogP contribution is -2.27. The van der Waals surface area contributed by atoms with Crippen LogP contribution in [0, 0.1) is 0 Å². The van der Waals surface area contributed by atoms with Crippen molar-refractivity contribution in [3.63, 3.8) is 0 Å². The van der Waals surface area contributed by atoms with Gasteiger partial charge in [-0.1, -0.05) is 12.1 Å². The summed E-state index contributed by atoms with van der Waals surface area (Å²) in [6.45, 7) is 2.48. The van der Waals surface area contributed by atoms with Gasteiger partial charge in [-0.15, -0.1) is 0 Å². The summed E-state index contributed by atoms with van der Waals surface area (Å²) in [6, 6.07) is 11.5. The molecule has 0 aliphatic carbocycles. The van der Waals surface area contributed by atoms with Crippen molar-refractivity contribution in [2.24, 2.45) is 0 Å². The quantitative estimate of drug-likeness (QED) is 0.589. The number of Topliss-reactive ketones (excluding diaryl/α,β-unsaturated/α-hetero) is 1. The topological polar surface area (TPSA) is 97.8 Å². The Kier molecular flexibility index (Phi) is 6.40. The maximum absolute atomic E-state index is 12.5. The lowest BCUT2D eigenvalue weighted by molar-refractivity contribution is -0.116. The predicted octanol–water partition coefficient (Wildman–Crippen LogP) is 2.76. The first-order chi connectivity index (χ1) is 13.7. The Labute approximate surface area is 171 Å². The molecule has 0 aromatic heterocycles. The number of hydrogen-bond acceptors (Lipinski definition) is 6. The smallest absolute Gasteiger partial charge is 0.339 e. The number of sulfonamides is 1. The van der Waals surface area contributed by atoms with Gasteiger partial charge in [0, 0.05) is 19.5 Å². The zero-order chi connectivity index (χ0) is 21.1. The number of ketones is 1. The van der Waals surface area contributed by atoms with Gasteiger partial charge in [0.1, 0.15) is 16.4 Å². The van der Waals surface area contributed by atoms with Crippen LogP contribution in [-0.2, 0) is 31.4 Å². The Morgan fingerprint density at radius 3 is 2.00 bits per heavy atom. The first-order valence-electron chi connectivity index (χ1n) is 9.31. The van der Waals surface area contributed by atoms with Crippen molar-refractivity contribution >= 4 is 25.9 Å². The summed E-state index contributed by atoms with van der Waals surface area (Å²) in [6.07, 6.45) is 2.65. The SMILES string of the molecule is CC(=O)CCc1ccc(OS(=O)(=O)c2ccc(S(=O)(=O)N3CCCC3)cc2)cc1. The zero-order valence-corrected chi connectivity index (χ0v) is 17.7. The molecule has 3 rings (SSSR count). The maximum atomic E-state index is 12.5. The van der Waals surface area contributed by atoms with E-state index in [1.165, 1.54) is 47.6 Å². The van der Waals surface area contributed by atoms with Crippen molar-refractivity contribution in [1.82, 2.24) is 4.31 Å². The van der Waals surface area contributed by atoms with Crippen LogP contribution < -0.4 is 4.18 Å². The minimum absolute atomic E-state index is 0.0631. The Morgan fingerprint density at radius 1 is 0.897 bits per heavy atom. The third-order valence-electron chi connectivity index (χ3n) is 4.71. The highest BCUT2D eigenvalue weighted by Gasteiger charge is 2.27. The van der Waals surface area contributed by atoms with Gasteiger partial charge in [0.2, 0.25) is 10.0 Å². The molecule has 29 heavy (non-hydrogen) atoms. The molecular formula is C20H23NO6S2. The monoisotopic (exact) mass is 437 g/mol. The van der Waals surface area contributed by atoms with Gasteiger partial charge in [-0.25, -0.2) is 8.42 Å². The molecule has 7 nitrogen and oxygen atoms in total. The van der Waals surface area contributed by atoms with Gasteiger partial charge in [0.15, 0.2) is 0 Å². The van der Waals surface area contributed by atoms with E-state index in [0.29, 0.717) is 25.9 Å². The van der Waals surface area contributed by atoms with Crippen LogP contribution in [0.1, 0.15) is 31.7 Å². The third-order valence-corrected chi connectivity index (χ3v) is 7.88. The van der Waals surface area contributed by atoms with E-state index in [1.807, 2.05) is 0 Å².